The lowest BCUT2D eigenvalue weighted by Crippen LogP contribution is -2.48. The van der Waals surface area contributed by atoms with Gasteiger partial charge in [0.1, 0.15) is 10.7 Å². The van der Waals surface area contributed by atoms with Crippen LogP contribution in [0.2, 0.25) is 0 Å². The van der Waals surface area contributed by atoms with E-state index < -0.39 is 0 Å². The van der Waals surface area contributed by atoms with E-state index in [1.807, 2.05) is 4.90 Å². The van der Waals surface area contributed by atoms with Gasteiger partial charge in [0, 0.05) is 31.1 Å². The van der Waals surface area contributed by atoms with Crippen LogP contribution in [0.5, 0.6) is 0 Å². The number of furan rings is 1. The van der Waals surface area contributed by atoms with Gasteiger partial charge < -0.3 is 14.3 Å². The Hall–Kier alpha value is -2.45. The molecule has 2 aliphatic rings. The van der Waals surface area contributed by atoms with Crippen molar-refractivity contribution in [2.75, 3.05) is 26.2 Å². The van der Waals surface area contributed by atoms with Gasteiger partial charge in [-0.15, -0.1) is 11.3 Å². The SMILES string of the molecule is C[C@@H]1CCc2c(sc3nc(CN4CCN(C(=O)c5ccco5)CC4)[nH]c(=O)c23)C1. The molecular weight excluding hydrogens is 388 g/mol. The van der Waals surface area contributed by atoms with E-state index in [-0.39, 0.29) is 11.5 Å². The van der Waals surface area contributed by atoms with Crippen molar-refractivity contribution < 1.29 is 9.21 Å². The van der Waals surface area contributed by atoms with Crippen LogP contribution < -0.4 is 5.56 Å². The standard InChI is InChI=1S/C21H24N4O3S/c1-13-4-5-14-16(11-13)29-20-18(14)19(26)22-17(23-20)12-24-6-8-25(9-7-24)21(27)15-3-2-10-28-15/h2-3,10,13H,4-9,11-12H2,1H3,(H,22,23,26)/t13-/m1/s1. The average molecular weight is 413 g/mol. The number of nitrogens with one attached hydrogen (secondary N) is 1. The molecule has 1 atom stereocenters. The highest BCUT2D eigenvalue weighted by Crippen LogP contribution is 2.35. The number of fused-ring (bicyclic) bond motifs is 3. The first kappa shape index (κ1) is 18.6. The number of carbonyl (C=O) groups is 1. The van der Waals surface area contributed by atoms with Crippen LogP contribution in [0.1, 0.15) is 40.2 Å². The average Bonchev–Trinajstić information content (AvgIpc) is 3.35. The molecule has 1 fully saturated rings. The summed E-state index contributed by atoms with van der Waals surface area (Å²) in [7, 11) is 0. The van der Waals surface area contributed by atoms with E-state index in [0.29, 0.717) is 37.1 Å². The van der Waals surface area contributed by atoms with Gasteiger partial charge in [-0.25, -0.2) is 4.98 Å². The van der Waals surface area contributed by atoms with Crippen molar-refractivity contribution in [2.45, 2.75) is 32.7 Å². The highest BCUT2D eigenvalue weighted by molar-refractivity contribution is 7.18. The molecule has 3 aromatic heterocycles. The summed E-state index contributed by atoms with van der Waals surface area (Å²) in [6, 6.07) is 3.42. The van der Waals surface area contributed by atoms with E-state index in [2.05, 4.69) is 16.8 Å². The molecule has 1 N–H and O–H groups in total. The van der Waals surface area contributed by atoms with Crippen LogP contribution in [0, 0.1) is 5.92 Å². The van der Waals surface area contributed by atoms with Crippen LogP contribution >= 0.6 is 11.3 Å². The van der Waals surface area contributed by atoms with E-state index in [9.17, 15) is 9.59 Å². The molecule has 0 bridgehead atoms. The quantitative estimate of drug-likeness (QED) is 0.715. The van der Waals surface area contributed by atoms with Crippen molar-refractivity contribution in [3.63, 3.8) is 0 Å². The Morgan fingerprint density at radius 1 is 1.34 bits per heavy atom. The minimum Gasteiger partial charge on any atom is -0.459 e. The number of H-pyrrole nitrogens is 1. The summed E-state index contributed by atoms with van der Waals surface area (Å²) in [5, 5.41) is 0.800. The summed E-state index contributed by atoms with van der Waals surface area (Å²) in [5.41, 5.74) is 1.21. The Balaban J connectivity index is 1.29. The third kappa shape index (κ3) is 3.51. The summed E-state index contributed by atoms with van der Waals surface area (Å²) in [6.07, 6.45) is 4.69. The Morgan fingerprint density at radius 3 is 2.93 bits per heavy atom. The predicted octanol–water partition coefficient (Wildman–Crippen LogP) is 2.66. The number of amides is 1. The molecule has 3 aromatic rings. The van der Waals surface area contributed by atoms with E-state index in [4.69, 9.17) is 9.40 Å². The fraction of sp³-hybridized carbons (Fsp3) is 0.476. The fourth-order valence-electron chi connectivity index (χ4n) is 4.35. The number of piperazine rings is 1. The van der Waals surface area contributed by atoms with E-state index >= 15 is 0 Å². The highest BCUT2D eigenvalue weighted by Gasteiger charge is 2.26. The third-order valence-electron chi connectivity index (χ3n) is 5.98. The van der Waals surface area contributed by atoms with E-state index in [1.165, 1.54) is 16.7 Å². The van der Waals surface area contributed by atoms with Crippen molar-refractivity contribution in [1.29, 1.82) is 0 Å². The van der Waals surface area contributed by atoms with Crippen LogP contribution in [0.4, 0.5) is 0 Å². The number of carbonyl (C=O) groups excluding carboxylic acids is 1. The Labute approximate surface area is 172 Å². The molecule has 0 aromatic carbocycles. The maximum atomic E-state index is 12.8. The second-order valence-electron chi connectivity index (χ2n) is 8.09. The van der Waals surface area contributed by atoms with Crippen LogP contribution in [-0.4, -0.2) is 51.9 Å². The molecule has 0 unspecified atom stereocenters. The first-order chi connectivity index (χ1) is 14.1. The van der Waals surface area contributed by atoms with Gasteiger partial charge in [-0.1, -0.05) is 6.92 Å². The molecule has 4 heterocycles. The first-order valence-corrected chi connectivity index (χ1v) is 11.0. The smallest absolute Gasteiger partial charge is 0.289 e. The molecular formula is C21H24N4O3S. The largest absolute Gasteiger partial charge is 0.459 e. The maximum absolute atomic E-state index is 12.8. The molecule has 8 heteroatoms. The van der Waals surface area contributed by atoms with Gasteiger partial charge in [-0.3, -0.25) is 14.5 Å². The molecule has 152 valence electrons. The van der Waals surface area contributed by atoms with Crippen LogP contribution in [0.3, 0.4) is 0 Å². The number of hydrogen-bond acceptors (Lipinski definition) is 6. The summed E-state index contributed by atoms with van der Waals surface area (Å²) in [4.78, 5) is 39.2. The zero-order chi connectivity index (χ0) is 20.0. The molecule has 5 rings (SSSR count). The fourth-order valence-corrected chi connectivity index (χ4v) is 5.75. The number of rotatable bonds is 3. The zero-order valence-corrected chi connectivity index (χ0v) is 17.3. The Bertz CT molecular complexity index is 1090. The molecule has 1 saturated heterocycles. The topological polar surface area (TPSA) is 82.4 Å². The van der Waals surface area contributed by atoms with Crippen molar-refractivity contribution in [1.82, 2.24) is 19.8 Å². The van der Waals surface area contributed by atoms with Crippen molar-refractivity contribution in [3.05, 3.63) is 50.8 Å². The van der Waals surface area contributed by atoms with Gasteiger partial charge in [0.25, 0.3) is 11.5 Å². The molecule has 1 aliphatic carbocycles. The predicted molar refractivity (Wildman–Crippen MR) is 111 cm³/mol. The van der Waals surface area contributed by atoms with Gasteiger partial charge >= 0.3 is 0 Å². The number of aromatic nitrogens is 2. The number of aromatic amines is 1. The summed E-state index contributed by atoms with van der Waals surface area (Å²) >= 11 is 1.68. The van der Waals surface area contributed by atoms with Crippen molar-refractivity contribution in [3.8, 4) is 0 Å². The van der Waals surface area contributed by atoms with Crippen LogP contribution in [0.25, 0.3) is 10.2 Å². The molecule has 7 nitrogen and oxygen atoms in total. The van der Waals surface area contributed by atoms with E-state index in [1.54, 1.807) is 23.5 Å². The molecule has 29 heavy (non-hydrogen) atoms. The summed E-state index contributed by atoms with van der Waals surface area (Å²) in [5.74, 6) is 1.70. The van der Waals surface area contributed by atoms with Gasteiger partial charge in [0.05, 0.1) is 18.2 Å². The number of hydrogen-bond donors (Lipinski definition) is 1. The number of nitrogens with zero attached hydrogens (tertiary/aromatic N) is 3. The van der Waals surface area contributed by atoms with Crippen LogP contribution in [-0.2, 0) is 19.4 Å². The maximum Gasteiger partial charge on any atom is 0.289 e. The van der Waals surface area contributed by atoms with Crippen LogP contribution in [0.15, 0.2) is 27.6 Å². The zero-order valence-electron chi connectivity index (χ0n) is 16.4. The Morgan fingerprint density at radius 2 is 2.17 bits per heavy atom. The number of thiophene rings is 1. The highest BCUT2D eigenvalue weighted by atomic mass is 32.1. The second kappa shape index (κ2) is 7.42. The normalized spacial score (nSPS) is 20.2. The molecule has 0 radical (unpaired) electrons. The second-order valence-corrected chi connectivity index (χ2v) is 9.17. The lowest BCUT2D eigenvalue weighted by Gasteiger charge is -2.33. The molecule has 1 aliphatic heterocycles. The van der Waals surface area contributed by atoms with Gasteiger partial charge in [-0.05, 0) is 42.9 Å². The van der Waals surface area contributed by atoms with Gasteiger partial charge in [-0.2, -0.15) is 0 Å². The molecule has 0 saturated carbocycles. The Kier molecular flexibility index (Phi) is 4.75. The van der Waals surface area contributed by atoms with Crippen molar-refractivity contribution >= 4 is 27.5 Å². The minimum absolute atomic E-state index is 0.0105. The summed E-state index contributed by atoms with van der Waals surface area (Å²) in [6.45, 7) is 5.62. The third-order valence-corrected chi connectivity index (χ3v) is 7.13. The lowest BCUT2D eigenvalue weighted by molar-refractivity contribution is 0.0595. The molecule has 1 amide bonds. The first-order valence-electron chi connectivity index (χ1n) is 10.2. The molecule has 0 spiro atoms. The van der Waals surface area contributed by atoms with Gasteiger partial charge in [0.15, 0.2) is 5.76 Å². The van der Waals surface area contributed by atoms with Crippen molar-refractivity contribution in [2.24, 2.45) is 5.92 Å². The summed E-state index contributed by atoms with van der Waals surface area (Å²) < 4.78 is 5.21. The monoisotopic (exact) mass is 412 g/mol. The van der Waals surface area contributed by atoms with E-state index in [0.717, 1.165) is 42.6 Å². The minimum atomic E-state index is -0.0685. The lowest BCUT2D eigenvalue weighted by atomic mass is 9.89. The van der Waals surface area contributed by atoms with Gasteiger partial charge in [0.2, 0.25) is 0 Å². The number of aryl methyl sites for hydroxylation is 1.